The molecule has 3 nitrogen and oxygen atoms in total. The largest absolute Gasteiger partial charge is 0.362 e. The number of pyridine rings is 1. The molecule has 62 valence electrons. The van der Waals surface area contributed by atoms with Crippen LogP contribution in [0.15, 0.2) is 12.3 Å². The molecule has 0 amide bonds. The van der Waals surface area contributed by atoms with Crippen molar-refractivity contribution in [2.45, 2.75) is 0 Å². The molecule has 1 aromatic rings. The van der Waals surface area contributed by atoms with E-state index >= 15 is 0 Å². The zero-order chi connectivity index (χ0) is 9.14. The molecule has 1 heterocycles. The van der Waals surface area contributed by atoms with Crippen LogP contribution in [-0.2, 0) is 0 Å². The Kier molecular flexibility index (Phi) is 2.51. The maximum Gasteiger partial charge on any atom is 0.146 e. The van der Waals surface area contributed by atoms with Crippen molar-refractivity contribution < 1.29 is 0 Å². The topological polar surface area (TPSA) is 39.9 Å². The highest BCUT2D eigenvalue weighted by atomic mass is 35.5. The SMILES string of the molecule is CN(C)c1ncc(C#N)cc1Cl. The Morgan fingerprint density at radius 1 is 1.58 bits per heavy atom. The van der Waals surface area contributed by atoms with E-state index in [1.54, 1.807) is 11.0 Å². The molecule has 4 heteroatoms. The van der Waals surface area contributed by atoms with Crippen molar-refractivity contribution in [3.05, 3.63) is 22.8 Å². The smallest absolute Gasteiger partial charge is 0.146 e. The van der Waals surface area contributed by atoms with Crippen LogP contribution in [0, 0.1) is 11.3 Å². The summed E-state index contributed by atoms with van der Waals surface area (Å²) < 4.78 is 0. The molecule has 0 atom stereocenters. The van der Waals surface area contributed by atoms with Crippen molar-refractivity contribution >= 4 is 17.4 Å². The van der Waals surface area contributed by atoms with Gasteiger partial charge in [-0.05, 0) is 6.07 Å². The van der Waals surface area contributed by atoms with E-state index in [1.807, 2.05) is 20.2 Å². The number of anilines is 1. The zero-order valence-corrected chi connectivity index (χ0v) is 7.63. The average Bonchev–Trinajstić information content (AvgIpc) is 2.03. The normalized spacial score (nSPS) is 9.17. The number of halogens is 1. The molecule has 0 aromatic carbocycles. The van der Waals surface area contributed by atoms with Crippen LogP contribution < -0.4 is 4.90 Å². The predicted molar refractivity (Wildman–Crippen MR) is 48.3 cm³/mol. The van der Waals surface area contributed by atoms with E-state index < -0.39 is 0 Å². The fourth-order valence-electron chi connectivity index (χ4n) is 0.821. The first kappa shape index (κ1) is 8.82. The number of hydrogen-bond donors (Lipinski definition) is 0. The van der Waals surface area contributed by atoms with Gasteiger partial charge in [-0.25, -0.2) is 4.98 Å². The molecule has 0 spiro atoms. The van der Waals surface area contributed by atoms with Crippen LogP contribution in [0.5, 0.6) is 0 Å². The molecule has 0 saturated carbocycles. The molecule has 0 radical (unpaired) electrons. The first-order chi connectivity index (χ1) is 5.65. The maximum absolute atomic E-state index is 8.53. The third-order valence-electron chi connectivity index (χ3n) is 1.37. The van der Waals surface area contributed by atoms with Crippen molar-refractivity contribution in [1.82, 2.24) is 4.98 Å². The van der Waals surface area contributed by atoms with Crippen molar-refractivity contribution in [1.29, 1.82) is 5.26 Å². The average molecular weight is 182 g/mol. The molecule has 0 aliphatic rings. The lowest BCUT2D eigenvalue weighted by Crippen LogP contribution is -2.11. The maximum atomic E-state index is 8.53. The van der Waals surface area contributed by atoms with E-state index in [-0.39, 0.29) is 0 Å². The molecule has 12 heavy (non-hydrogen) atoms. The van der Waals surface area contributed by atoms with Gasteiger partial charge in [-0.2, -0.15) is 5.26 Å². The highest BCUT2D eigenvalue weighted by Crippen LogP contribution is 2.21. The number of rotatable bonds is 1. The van der Waals surface area contributed by atoms with Gasteiger partial charge in [0.25, 0.3) is 0 Å². The molecule has 1 aromatic heterocycles. The number of nitrogens with zero attached hydrogens (tertiary/aromatic N) is 3. The van der Waals surface area contributed by atoms with Crippen molar-refractivity contribution in [2.24, 2.45) is 0 Å². The Morgan fingerprint density at radius 2 is 2.25 bits per heavy atom. The monoisotopic (exact) mass is 181 g/mol. The summed E-state index contributed by atoms with van der Waals surface area (Å²) in [5.41, 5.74) is 0.477. The summed E-state index contributed by atoms with van der Waals surface area (Å²) in [5.74, 6) is 0.677. The van der Waals surface area contributed by atoms with Gasteiger partial charge in [0.15, 0.2) is 0 Å². The van der Waals surface area contributed by atoms with Gasteiger partial charge in [-0.15, -0.1) is 0 Å². The number of aromatic nitrogens is 1. The van der Waals surface area contributed by atoms with E-state index in [0.29, 0.717) is 16.4 Å². The predicted octanol–water partition coefficient (Wildman–Crippen LogP) is 1.67. The molecule has 0 saturated heterocycles. The van der Waals surface area contributed by atoms with Gasteiger partial charge < -0.3 is 4.90 Å². The lowest BCUT2D eigenvalue weighted by atomic mass is 10.3. The second kappa shape index (κ2) is 3.42. The second-order valence-corrected chi connectivity index (χ2v) is 2.94. The van der Waals surface area contributed by atoms with Crippen LogP contribution in [0.1, 0.15) is 5.56 Å². The molecule has 1 rings (SSSR count). The van der Waals surface area contributed by atoms with Gasteiger partial charge in [0.1, 0.15) is 11.9 Å². The van der Waals surface area contributed by atoms with Gasteiger partial charge in [-0.1, -0.05) is 11.6 Å². The summed E-state index contributed by atoms with van der Waals surface area (Å²) in [4.78, 5) is 5.82. The summed E-state index contributed by atoms with van der Waals surface area (Å²) in [7, 11) is 3.69. The van der Waals surface area contributed by atoms with Gasteiger partial charge in [0, 0.05) is 20.3 Å². The quantitative estimate of drug-likeness (QED) is 0.662. The Morgan fingerprint density at radius 3 is 2.67 bits per heavy atom. The van der Waals surface area contributed by atoms with E-state index in [1.165, 1.54) is 6.20 Å². The minimum absolute atomic E-state index is 0.477. The van der Waals surface area contributed by atoms with Crippen molar-refractivity contribution in [3.63, 3.8) is 0 Å². The van der Waals surface area contributed by atoms with Crippen LogP contribution >= 0.6 is 11.6 Å². The van der Waals surface area contributed by atoms with Crippen LogP contribution in [0.2, 0.25) is 5.02 Å². The Balaban J connectivity index is 3.14. The first-order valence-electron chi connectivity index (χ1n) is 3.38. The Labute approximate surface area is 76.2 Å². The number of nitriles is 1. The Bertz CT molecular complexity index is 328. The minimum Gasteiger partial charge on any atom is -0.362 e. The molecular formula is C8H8ClN3. The highest BCUT2D eigenvalue weighted by molar-refractivity contribution is 6.33. The Hall–Kier alpha value is -1.27. The lowest BCUT2D eigenvalue weighted by molar-refractivity contribution is 1.07. The third kappa shape index (κ3) is 1.66. The highest BCUT2D eigenvalue weighted by Gasteiger charge is 2.04. The standard InChI is InChI=1S/C8H8ClN3/c1-12(2)8-7(9)3-6(4-10)5-11-8/h3,5H,1-2H3. The summed E-state index contributed by atoms with van der Waals surface area (Å²) in [6.07, 6.45) is 1.50. The summed E-state index contributed by atoms with van der Waals surface area (Å²) in [6, 6.07) is 3.57. The fourth-order valence-corrected chi connectivity index (χ4v) is 1.16. The molecular weight excluding hydrogens is 174 g/mol. The van der Waals surface area contributed by atoms with Crippen LogP contribution in [0.25, 0.3) is 0 Å². The van der Waals surface area contributed by atoms with Gasteiger partial charge in [-0.3, -0.25) is 0 Å². The van der Waals surface area contributed by atoms with Gasteiger partial charge in [0.05, 0.1) is 10.6 Å². The summed E-state index contributed by atoms with van der Waals surface area (Å²) in [6.45, 7) is 0. The molecule has 0 unspecified atom stereocenters. The second-order valence-electron chi connectivity index (χ2n) is 2.54. The lowest BCUT2D eigenvalue weighted by Gasteiger charge is -2.11. The van der Waals surface area contributed by atoms with Crippen LogP contribution in [-0.4, -0.2) is 19.1 Å². The molecule has 0 fully saturated rings. The van der Waals surface area contributed by atoms with Crippen LogP contribution in [0.3, 0.4) is 0 Å². The molecule has 0 bridgehead atoms. The van der Waals surface area contributed by atoms with E-state index in [0.717, 1.165) is 0 Å². The minimum atomic E-state index is 0.477. The first-order valence-corrected chi connectivity index (χ1v) is 3.76. The van der Waals surface area contributed by atoms with E-state index in [9.17, 15) is 0 Å². The summed E-state index contributed by atoms with van der Waals surface area (Å²) in [5, 5.41) is 9.03. The molecule has 0 aliphatic heterocycles. The fraction of sp³-hybridized carbons (Fsp3) is 0.250. The number of hydrogen-bond acceptors (Lipinski definition) is 3. The van der Waals surface area contributed by atoms with E-state index in [4.69, 9.17) is 16.9 Å². The van der Waals surface area contributed by atoms with E-state index in [2.05, 4.69) is 4.98 Å². The van der Waals surface area contributed by atoms with Crippen molar-refractivity contribution in [3.8, 4) is 6.07 Å². The molecule has 0 N–H and O–H groups in total. The zero-order valence-electron chi connectivity index (χ0n) is 6.87. The summed E-state index contributed by atoms with van der Waals surface area (Å²) >= 11 is 5.85. The molecule has 0 aliphatic carbocycles. The van der Waals surface area contributed by atoms with Crippen molar-refractivity contribution in [2.75, 3.05) is 19.0 Å². The van der Waals surface area contributed by atoms with Gasteiger partial charge in [0.2, 0.25) is 0 Å². The van der Waals surface area contributed by atoms with Crippen LogP contribution in [0.4, 0.5) is 5.82 Å². The van der Waals surface area contributed by atoms with Gasteiger partial charge >= 0.3 is 0 Å². The third-order valence-corrected chi connectivity index (χ3v) is 1.65.